The Labute approximate surface area is 124 Å². The summed E-state index contributed by atoms with van der Waals surface area (Å²) in [5.41, 5.74) is 1.49. The molecule has 0 aliphatic carbocycles. The summed E-state index contributed by atoms with van der Waals surface area (Å²) in [6.45, 7) is 3.57. The lowest BCUT2D eigenvalue weighted by Crippen LogP contribution is -2.45. The molecule has 1 aliphatic rings. The summed E-state index contributed by atoms with van der Waals surface area (Å²) < 4.78 is 0. The Morgan fingerprint density at radius 2 is 2.00 bits per heavy atom. The van der Waals surface area contributed by atoms with Gasteiger partial charge in [-0.3, -0.25) is 0 Å². The van der Waals surface area contributed by atoms with Crippen LogP contribution in [0.1, 0.15) is 28.8 Å². The Balaban J connectivity index is 2.01. The molecular weight excluding hydrogens is 270 g/mol. The molecular formula is C15H21N3O3. The number of nitrogens with one attached hydrogen (secondary N) is 2. The molecule has 0 radical (unpaired) electrons. The summed E-state index contributed by atoms with van der Waals surface area (Å²) in [6, 6.07) is 4.88. The van der Waals surface area contributed by atoms with E-state index in [2.05, 4.69) is 10.6 Å². The molecule has 0 spiro atoms. The molecule has 1 aromatic carbocycles. The number of aromatic carboxylic acids is 1. The van der Waals surface area contributed by atoms with Crippen LogP contribution in [0.25, 0.3) is 0 Å². The van der Waals surface area contributed by atoms with E-state index in [1.54, 1.807) is 31.0 Å². The second kappa shape index (κ2) is 6.58. The molecule has 2 rings (SSSR count). The fourth-order valence-electron chi connectivity index (χ4n) is 2.55. The number of carbonyl (C=O) groups is 2. The molecule has 1 aromatic rings. The van der Waals surface area contributed by atoms with Gasteiger partial charge < -0.3 is 20.6 Å². The molecule has 21 heavy (non-hydrogen) atoms. The van der Waals surface area contributed by atoms with Gasteiger partial charge in [0.2, 0.25) is 0 Å². The van der Waals surface area contributed by atoms with Crippen molar-refractivity contribution in [3.63, 3.8) is 0 Å². The standard InChI is InChI=1S/C15H21N3O3/c1-10-9-11(3-4-13(10)14(19)20)17-15(21)18(2)12-5-7-16-8-6-12/h3-4,9,12,16H,5-8H2,1-2H3,(H,17,21)(H,19,20). The van der Waals surface area contributed by atoms with Crippen molar-refractivity contribution >= 4 is 17.7 Å². The molecule has 0 unspecified atom stereocenters. The average molecular weight is 291 g/mol. The molecule has 1 fully saturated rings. The van der Waals surface area contributed by atoms with Crippen LogP contribution in [0.4, 0.5) is 10.5 Å². The van der Waals surface area contributed by atoms with Crippen LogP contribution in [0.2, 0.25) is 0 Å². The van der Waals surface area contributed by atoms with Gasteiger partial charge in [-0.2, -0.15) is 0 Å². The first-order chi connectivity index (χ1) is 9.99. The number of anilines is 1. The summed E-state index contributed by atoms with van der Waals surface area (Å²) in [5, 5.41) is 15.1. The quantitative estimate of drug-likeness (QED) is 0.794. The number of benzene rings is 1. The van der Waals surface area contributed by atoms with E-state index in [9.17, 15) is 9.59 Å². The Morgan fingerprint density at radius 3 is 2.57 bits per heavy atom. The van der Waals surface area contributed by atoms with Crippen LogP contribution in [0.5, 0.6) is 0 Å². The molecule has 0 saturated carbocycles. The molecule has 1 aliphatic heterocycles. The normalized spacial score (nSPS) is 15.5. The van der Waals surface area contributed by atoms with E-state index in [4.69, 9.17) is 5.11 Å². The second-order valence-corrected chi connectivity index (χ2v) is 5.36. The Kier molecular flexibility index (Phi) is 4.80. The van der Waals surface area contributed by atoms with Gasteiger partial charge in [-0.1, -0.05) is 0 Å². The minimum atomic E-state index is -0.961. The van der Waals surface area contributed by atoms with Crippen molar-refractivity contribution in [2.45, 2.75) is 25.8 Å². The lowest BCUT2D eigenvalue weighted by atomic mass is 10.1. The van der Waals surface area contributed by atoms with Gasteiger partial charge in [0.05, 0.1) is 5.56 Å². The Bertz CT molecular complexity index is 539. The van der Waals surface area contributed by atoms with E-state index < -0.39 is 5.97 Å². The van der Waals surface area contributed by atoms with Crippen LogP contribution in [0, 0.1) is 6.92 Å². The maximum Gasteiger partial charge on any atom is 0.335 e. The molecule has 114 valence electrons. The van der Waals surface area contributed by atoms with E-state index in [0.717, 1.165) is 25.9 Å². The van der Waals surface area contributed by atoms with Crippen molar-refractivity contribution in [3.8, 4) is 0 Å². The average Bonchev–Trinajstić information content (AvgIpc) is 2.47. The van der Waals surface area contributed by atoms with Crippen molar-refractivity contribution in [2.75, 3.05) is 25.5 Å². The molecule has 6 heteroatoms. The SMILES string of the molecule is Cc1cc(NC(=O)N(C)C2CCNCC2)ccc1C(=O)O. The number of amides is 2. The lowest BCUT2D eigenvalue weighted by molar-refractivity contribution is 0.0696. The molecule has 0 atom stereocenters. The summed E-state index contributed by atoms with van der Waals surface area (Å²) in [6.07, 6.45) is 1.89. The third kappa shape index (κ3) is 3.72. The topological polar surface area (TPSA) is 81.7 Å². The van der Waals surface area contributed by atoms with Crippen molar-refractivity contribution in [2.24, 2.45) is 0 Å². The molecule has 0 aromatic heterocycles. The van der Waals surface area contributed by atoms with Crippen molar-refractivity contribution in [1.29, 1.82) is 0 Å². The van der Waals surface area contributed by atoms with Gasteiger partial charge in [0, 0.05) is 18.8 Å². The first-order valence-corrected chi connectivity index (χ1v) is 7.07. The number of rotatable bonds is 3. The molecule has 1 heterocycles. The predicted octanol–water partition coefficient (Wildman–Crippen LogP) is 1.91. The number of piperidine rings is 1. The number of hydrogen-bond donors (Lipinski definition) is 3. The van der Waals surface area contributed by atoms with Gasteiger partial charge >= 0.3 is 12.0 Å². The molecule has 6 nitrogen and oxygen atoms in total. The predicted molar refractivity (Wildman–Crippen MR) is 80.8 cm³/mol. The summed E-state index contributed by atoms with van der Waals surface area (Å²) in [4.78, 5) is 24.9. The highest BCUT2D eigenvalue weighted by Crippen LogP contribution is 2.17. The highest BCUT2D eigenvalue weighted by molar-refractivity contribution is 5.92. The molecule has 0 bridgehead atoms. The number of nitrogens with zero attached hydrogens (tertiary/aromatic N) is 1. The van der Waals surface area contributed by atoms with E-state index in [-0.39, 0.29) is 17.6 Å². The minimum absolute atomic E-state index is 0.163. The van der Waals surface area contributed by atoms with Crippen LogP contribution in [-0.2, 0) is 0 Å². The third-order valence-electron chi connectivity index (χ3n) is 3.88. The Hall–Kier alpha value is -2.08. The van der Waals surface area contributed by atoms with E-state index in [1.807, 2.05) is 0 Å². The number of aryl methyl sites for hydroxylation is 1. The summed E-state index contributed by atoms with van der Waals surface area (Å²) >= 11 is 0. The van der Waals surface area contributed by atoms with Crippen LogP contribution < -0.4 is 10.6 Å². The van der Waals surface area contributed by atoms with Crippen molar-refractivity contribution in [3.05, 3.63) is 29.3 Å². The van der Waals surface area contributed by atoms with E-state index in [1.165, 1.54) is 6.07 Å². The smallest absolute Gasteiger partial charge is 0.335 e. The maximum absolute atomic E-state index is 12.2. The number of carboxylic acid groups (broad SMARTS) is 1. The van der Waals surface area contributed by atoms with Gasteiger partial charge in [0.25, 0.3) is 0 Å². The van der Waals surface area contributed by atoms with Gasteiger partial charge in [-0.05, 0) is 56.6 Å². The fourth-order valence-corrected chi connectivity index (χ4v) is 2.55. The monoisotopic (exact) mass is 291 g/mol. The number of carbonyl (C=O) groups excluding carboxylic acids is 1. The van der Waals surface area contributed by atoms with Crippen LogP contribution in [0.15, 0.2) is 18.2 Å². The summed E-state index contributed by atoms with van der Waals surface area (Å²) in [5.74, 6) is -0.961. The number of carboxylic acids is 1. The second-order valence-electron chi connectivity index (χ2n) is 5.36. The van der Waals surface area contributed by atoms with E-state index >= 15 is 0 Å². The first kappa shape index (κ1) is 15.3. The number of hydrogen-bond acceptors (Lipinski definition) is 3. The number of urea groups is 1. The lowest BCUT2D eigenvalue weighted by Gasteiger charge is -2.31. The zero-order valence-corrected chi connectivity index (χ0v) is 12.3. The highest BCUT2D eigenvalue weighted by Gasteiger charge is 2.22. The van der Waals surface area contributed by atoms with Gasteiger partial charge in [0.15, 0.2) is 0 Å². The maximum atomic E-state index is 12.2. The zero-order valence-electron chi connectivity index (χ0n) is 12.3. The van der Waals surface area contributed by atoms with Gasteiger partial charge in [0.1, 0.15) is 0 Å². The molecule has 3 N–H and O–H groups in total. The zero-order chi connectivity index (χ0) is 15.4. The van der Waals surface area contributed by atoms with E-state index in [0.29, 0.717) is 11.3 Å². The first-order valence-electron chi connectivity index (χ1n) is 7.07. The van der Waals surface area contributed by atoms with Crippen molar-refractivity contribution < 1.29 is 14.7 Å². The van der Waals surface area contributed by atoms with Crippen molar-refractivity contribution in [1.82, 2.24) is 10.2 Å². The van der Waals surface area contributed by atoms with Crippen LogP contribution in [-0.4, -0.2) is 48.2 Å². The molecule has 1 saturated heterocycles. The third-order valence-corrected chi connectivity index (χ3v) is 3.88. The Morgan fingerprint density at radius 1 is 1.33 bits per heavy atom. The van der Waals surface area contributed by atoms with Crippen LogP contribution >= 0.6 is 0 Å². The fraction of sp³-hybridized carbons (Fsp3) is 0.467. The summed E-state index contributed by atoms with van der Waals surface area (Å²) in [7, 11) is 1.80. The van der Waals surface area contributed by atoms with Crippen LogP contribution in [0.3, 0.4) is 0 Å². The minimum Gasteiger partial charge on any atom is -0.478 e. The van der Waals surface area contributed by atoms with Gasteiger partial charge in [-0.25, -0.2) is 9.59 Å². The largest absolute Gasteiger partial charge is 0.478 e. The molecule has 2 amide bonds. The van der Waals surface area contributed by atoms with Gasteiger partial charge in [-0.15, -0.1) is 0 Å². The highest BCUT2D eigenvalue weighted by atomic mass is 16.4.